The predicted octanol–water partition coefficient (Wildman–Crippen LogP) is 1.62. The van der Waals surface area contributed by atoms with Crippen molar-refractivity contribution in [2.24, 2.45) is 0 Å². The zero-order chi connectivity index (χ0) is 13.7. The Bertz CT molecular complexity index is 452. The van der Waals surface area contributed by atoms with Crippen molar-refractivity contribution in [1.82, 2.24) is 9.80 Å². The van der Waals surface area contributed by atoms with E-state index in [1.165, 1.54) is 30.8 Å². The van der Waals surface area contributed by atoms with Crippen molar-refractivity contribution < 1.29 is 5.11 Å². The van der Waals surface area contributed by atoms with Crippen molar-refractivity contribution in [2.75, 3.05) is 33.8 Å². The normalized spacial score (nSPS) is 17.5. The Hall–Kier alpha value is -0.860. The highest BCUT2D eigenvalue weighted by Gasteiger charge is 2.20. The van der Waals surface area contributed by atoms with Crippen LogP contribution in [0.5, 0.6) is 0 Å². The molecule has 1 aliphatic heterocycles. The summed E-state index contributed by atoms with van der Waals surface area (Å²) < 4.78 is 0. The zero-order valence-electron chi connectivity index (χ0n) is 11.7. The van der Waals surface area contributed by atoms with Gasteiger partial charge in [0.1, 0.15) is 6.61 Å². The summed E-state index contributed by atoms with van der Waals surface area (Å²) in [6.07, 6.45) is 2.52. The topological polar surface area (TPSA) is 26.7 Å². The van der Waals surface area contributed by atoms with E-state index in [1.54, 1.807) is 11.3 Å². The van der Waals surface area contributed by atoms with Crippen molar-refractivity contribution in [1.29, 1.82) is 0 Å². The Morgan fingerprint density at radius 2 is 2.21 bits per heavy atom. The molecule has 0 unspecified atom stereocenters. The number of rotatable bonds is 3. The van der Waals surface area contributed by atoms with Crippen LogP contribution in [0.1, 0.15) is 23.3 Å². The summed E-state index contributed by atoms with van der Waals surface area (Å²) in [7, 11) is 4.41. The molecule has 0 spiro atoms. The molecule has 19 heavy (non-hydrogen) atoms. The van der Waals surface area contributed by atoms with Gasteiger partial charge in [0.05, 0.1) is 0 Å². The SMILES string of the molecule is CN1CCC(N(C)Cc2cc(C#CCO)cs2)CC1. The van der Waals surface area contributed by atoms with Crippen LogP contribution in [0.2, 0.25) is 0 Å². The molecule has 2 heterocycles. The molecule has 0 amide bonds. The molecule has 0 saturated carbocycles. The zero-order valence-corrected chi connectivity index (χ0v) is 12.5. The lowest BCUT2D eigenvalue weighted by Crippen LogP contribution is -2.41. The van der Waals surface area contributed by atoms with E-state index in [1.807, 2.05) is 0 Å². The number of hydrogen-bond acceptors (Lipinski definition) is 4. The van der Waals surface area contributed by atoms with E-state index in [2.05, 4.69) is 47.2 Å². The number of hydrogen-bond donors (Lipinski definition) is 1. The van der Waals surface area contributed by atoms with E-state index in [0.717, 1.165) is 12.1 Å². The average molecular weight is 278 g/mol. The van der Waals surface area contributed by atoms with Gasteiger partial charge in [-0.25, -0.2) is 0 Å². The van der Waals surface area contributed by atoms with Gasteiger partial charge in [-0.3, -0.25) is 4.90 Å². The van der Waals surface area contributed by atoms with Gasteiger partial charge in [0.2, 0.25) is 0 Å². The number of aliphatic hydroxyl groups excluding tert-OH is 1. The first-order valence-corrected chi connectivity index (χ1v) is 7.63. The second-order valence-electron chi connectivity index (χ2n) is 5.21. The van der Waals surface area contributed by atoms with E-state index >= 15 is 0 Å². The van der Waals surface area contributed by atoms with Gasteiger partial charge in [0, 0.05) is 28.4 Å². The summed E-state index contributed by atoms with van der Waals surface area (Å²) >= 11 is 1.76. The molecule has 0 bridgehead atoms. The standard InChI is InChI=1S/C15H22N2OS/c1-16-7-5-14(6-8-16)17(2)11-15-10-13(12-19-15)4-3-9-18/h10,12,14,18H,5-9,11H2,1-2H3. The fourth-order valence-corrected chi connectivity index (χ4v) is 3.36. The predicted molar refractivity (Wildman–Crippen MR) is 80.3 cm³/mol. The van der Waals surface area contributed by atoms with Gasteiger partial charge in [-0.05, 0) is 46.1 Å². The lowest BCUT2D eigenvalue weighted by molar-refractivity contribution is 0.140. The van der Waals surface area contributed by atoms with Crippen LogP contribution in [0.4, 0.5) is 0 Å². The van der Waals surface area contributed by atoms with Crippen molar-refractivity contribution >= 4 is 11.3 Å². The molecule has 3 nitrogen and oxygen atoms in total. The summed E-state index contributed by atoms with van der Waals surface area (Å²) in [6, 6.07) is 2.84. The molecule has 0 aromatic carbocycles. The van der Waals surface area contributed by atoms with Gasteiger partial charge in [-0.2, -0.15) is 0 Å². The Kier molecular flexibility index (Phi) is 5.41. The first-order chi connectivity index (χ1) is 9.19. The van der Waals surface area contributed by atoms with Gasteiger partial charge < -0.3 is 10.0 Å². The van der Waals surface area contributed by atoms with Gasteiger partial charge >= 0.3 is 0 Å². The highest BCUT2D eigenvalue weighted by Crippen LogP contribution is 2.20. The van der Waals surface area contributed by atoms with Crippen LogP contribution in [0.15, 0.2) is 11.4 Å². The van der Waals surface area contributed by atoms with Crippen LogP contribution < -0.4 is 0 Å². The van der Waals surface area contributed by atoms with Crippen LogP contribution in [0.3, 0.4) is 0 Å². The van der Waals surface area contributed by atoms with E-state index in [0.29, 0.717) is 6.04 Å². The Balaban J connectivity index is 1.88. The lowest BCUT2D eigenvalue weighted by atomic mass is 10.0. The first kappa shape index (κ1) is 14.5. The third kappa shape index (κ3) is 4.32. The molecule has 0 aliphatic carbocycles. The molecule has 0 atom stereocenters. The molecular weight excluding hydrogens is 256 g/mol. The van der Waals surface area contributed by atoms with Crippen LogP contribution in [0.25, 0.3) is 0 Å². The van der Waals surface area contributed by atoms with Crippen LogP contribution in [-0.4, -0.2) is 54.7 Å². The molecule has 0 radical (unpaired) electrons. The first-order valence-electron chi connectivity index (χ1n) is 6.75. The molecular formula is C15H22N2OS. The summed E-state index contributed by atoms with van der Waals surface area (Å²) in [5.41, 5.74) is 1.02. The van der Waals surface area contributed by atoms with E-state index in [-0.39, 0.29) is 6.61 Å². The maximum atomic E-state index is 8.69. The van der Waals surface area contributed by atoms with E-state index in [4.69, 9.17) is 5.11 Å². The molecule has 1 fully saturated rings. The van der Waals surface area contributed by atoms with Crippen molar-refractivity contribution in [3.05, 3.63) is 21.9 Å². The van der Waals surface area contributed by atoms with Crippen molar-refractivity contribution in [3.63, 3.8) is 0 Å². The minimum Gasteiger partial charge on any atom is -0.384 e. The summed E-state index contributed by atoms with van der Waals surface area (Å²) in [6.45, 7) is 3.33. The second kappa shape index (κ2) is 7.06. The van der Waals surface area contributed by atoms with E-state index < -0.39 is 0 Å². The smallest absolute Gasteiger partial charge is 0.104 e. The quantitative estimate of drug-likeness (QED) is 0.851. The monoisotopic (exact) mass is 278 g/mol. The molecule has 1 aromatic heterocycles. The molecule has 1 saturated heterocycles. The van der Waals surface area contributed by atoms with Crippen LogP contribution in [-0.2, 0) is 6.54 Å². The highest BCUT2D eigenvalue weighted by atomic mass is 32.1. The van der Waals surface area contributed by atoms with E-state index in [9.17, 15) is 0 Å². The van der Waals surface area contributed by atoms with Crippen molar-refractivity contribution in [2.45, 2.75) is 25.4 Å². The number of thiophene rings is 1. The number of aliphatic hydroxyl groups is 1. The summed E-state index contributed by atoms with van der Waals surface area (Å²) in [5.74, 6) is 5.65. The van der Waals surface area contributed by atoms with Gasteiger partial charge in [-0.15, -0.1) is 11.3 Å². The van der Waals surface area contributed by atoms with Crippen LogP contribution in [0, 0.1) is 11.8 Å². The van der Waals surface area contributed by atoms with Gasteiger partial charge in [0.15, 0.2) is 0 Å². The Morgan fingerprint density at radius 1 is 1.47 bits per heavy atom. The van der Waals surface area contributed by atoms with Crippen LogP contribution >= 0.6 is 11.3 Å². The number of nitrogens with zero attached hydrogens (tertiary/aromatic N) is 2. The molecule has 1 N–H and O–H groups in total. The molecule has 2 rings (SSSR count). The van der Waals surface area contributed by atoms with Gasteiger partial charge in [0.25, 0.3) is 0 Å². The summed E-state index contributed by atoms with van der Waals surface area (Å²) in [5, 5.41) is 10.8. The second-order valence-corrected chi connectivity index (χ2v) is 6.21. The maximum absolute atomic E-state index is 8.69. The van der Waals surface area contributed by atoms with Crippen molar-refractivity contribution in [3.8, 4) is 11.8 Å². The summed E-state index contributed by atoms with van der Waals surface area (Å²) in [4.78, 5) is 6.21. The minimum atomic E-state index is -0.0688. The largest absolute Gasteiger partial charge is 0.384 e. The fraction of sp³-hybridized carbons (Fsp3) is 0.600. The maximum Gasteiger partial charge on any atom is 0.104 e. The average Bonchev–Trinajstić information content (AvgIpc) is 2.84. The molecule has 1 aliphatic rings. The molecule has 104 valence electrons. The number of likely N-dealkylation sites (tertiary alicyclic amines) is 1. The number of piperidine rings is 1. The highest BCUT2D eigenvalue weighted by molar-refractivity contribution is 7.10. The van der Waals surface area contributed by atoms with Gasteiger partial charge in [-0.1, -0.05) is 11.8 Å². The third-order valence-corrected chi connectivity index (χ3v) is 4.60. The lowest BCUT2D eigenvalue weighted by Gasteiger charge is -2.34. The Morgan fingerprint density at radius 3 is 2.89 bits per heavy atom. The third-order valence-electron chi connectivity index (χ3n) is 3.68. The Labute approximate surface area is 119 Å². The molecule has 1 aromatic rings. The fourth-order valence-electron chi connectivity index (χ4n) is 2.48. The molecule has 4 heteroatoms. The minimum absolute atomic E-state index is 0.0688.